The summed E-state index contributed by atoms with van der Waals surface area (Å²) in [5, 5.41) is 56.1. The number of nitrogens with one attached hydrogen (secondary N) is 9. The van der Waals surface area contributed by atoms with Crippen LogP contribution in [0.1, 0.15) is 76.2 Å². The van der Waals surface area contributed by atoms with E-state index in [9.17, 15) is 58.5 Å². The maximum absolute atomic E-state index is 15.1. The van der Waals surface area contributed by atoms with Gasteiger partial charge in [0.2, 0.25) is 47.3 Å². The van der Waals surface area contributed by atoms with Crippen LogP contribution in [0.15, 0.2) is 121 Å². The number of hydrogen-bond donors (Lipinski definition) is 13. The lowest BCUT2D eigenvalue weighted by atomic mass is 10.00. The number of nitrogens with zero attached hydrogens (tertiary/aromatic N) is 1. The molecule has 88 heavy (non-hydrogen) atoms. The first kappa shape index (κ1) is 68.6. The van der Waals surface area contributed by atoms with Crippen molar-refractivity contribution in [2.75, 3.05) is 25.1 Å². The summed E-state index contributed by atoms with van der Waals surface area (Å²) in [6.07, 6.45) is -0.0549. The van der Waals surface area contributed by atoms with Crippen molar-refractivity contribution in [2.24, 2.45) is 5.73 Å². The lowest BCUT2D eigenvalue weighted by Crippen LogP contribution is -2.62. The Bertz CT molecular complexity index is 3220. The van der Waals surface area contributed by atoms with Gasteiger partial charge in [-0.25, -0.2) is 0 Å². The molecule has 1 aliphatic rings. The average molecular weight is 1270 g/mol. The van der Waals surface area contributed by atoms with Gasteiger partial charge in [0.25, 0.3) is 5.91 Å². The molecule has 1 aliphatic heterocycles. The maximum Gasteiger partial charge on any atom is 0.270 e. The van der Waals surface area contributed by atoms with E-state index in [2.05, 4.69) is 52.8 Å². The van der Waals surface area contributed by atoms with Gasteiger partial charge in [0.1, 0.15) is 59.5 Å². The van der Waals surface area contributed by atoms with Crippen LogP contribution in [0.3, 0.4) is 0 Å². The standard InChI is InChI=1S/C61H72ClN11O13S2/c1-34(74)46(28-38-14-22-42(76)23-15-38)67-59(84)51-33-88-87-32-50(71-58(83)49(30-37-12-20-41(62)21-13-37)68-54(79)44-8-5-7-27-65-44)60(85)70-48(31-39-16-24-43(77)25-17-39)57(82)69-47(29-36-10-18-40(19-11-36)53(63)78)56(81)66-45(9-4-6-26-64-3)55(80)73-52(35(2)75)61(86)72-51/h5,7-8,10-25,27,35,45-52,64,75-77H,4,6,9,26,28-33H2,1-3H3,(H2,63,78)(H,66,81)(H,67,84)(H,68,79)(H,69,82)(H,70,85)(H,71,83)(H,72,86)(H,73,80)/t35-,45+,46-,47-,48+,49+,50-,51+,52+/m1/s1. The number of phenols is 2. The second kappa shape index (κ2) is 34.1. The van der Waals surface area contributed by atoms with E-state index in [-0.39, 0.29) is 66.4 Å². The van der Waals surface area contributed by atoms with E-state index >= 15 is 4.79 Å². The smallest absolute Gasteiger partial charge is 0.270 e. The number of aromatic hydroxyl groups is 2. The number of ketones is 1. The second-order valence-corrected chi connectivity index (χ2v) is 23.9. The molecule has 5 aromatic rings. The van der Waals surface area contributed by atoms with Gasteiger partial charge in [-0.1, -0.05) is 87.8 Å². The number of aromatic nitrogens is 1. The normalized spacial score (nSPS) is 20.0. The number of phenolic OH excluding ortho intramolecular Hbond substituents is 2. The molecule has 0 bridgehead atoms. The fraction of sp³-hybridized carbons (Fsp3) is 0.361. The minimum absolute atomic E-state index is 0.0201. The molecule has 0 radical (unpaired) electrons. The molecule has 1 fully saturated rings. The number of aliphatic hydroxyl groups is 1. The highest BCUT2D eigenvalue weighted by molar-refractivity contribution is 8.76. The monoisotopic (exact) mass is 1270 g/mol. The van der Waals surface area contributed by atoms with E-state index in [4.69, 9.17) is 17.3 Å². The Morgan fingerprint density at radius 2 is 1.18 bits per heavy atom. The summed E-state index contributed by atoms with van der Waals surface area (Å²) in [4.78, 5) is 146. The largest absolute Gasteiger partial charge is 0.508 e. The first-order chi connectivity index (χ1) is 42.1. The Morgan fingerprint density at radius 3 is 1.74 bits per heavy atom. The zero-order valence-electron chi connectivity index (χ0n) is 48.5. The second-order valence-electron chi connectivity index (χ2n) is 21.0. The van der Waals surface area contributed by atoms with Crippen molar-refractivity contribution in [1.29, 1.82) is 0 Å². The summed E-state index contributed by atoms with van der Waals surface area (Å²) in [7, 11) is 3.61. The van der Waals surface area contributed by atoms with Gasteiger partial charge in [-0.3, -0.25) is 52.9 Å². The third kappa shape index (κ3) is 21.7. The SMILES string of the molecule is CNCCCC[C@@H]1NC(=O)[C@@H](Cc2ccc(C(N)=O)cc2)NC(=O)[C@H](Cc2ccc(O)cc2)NC(=O)[C@H](NC(=O)[C@H](Cc2ccc(Cl)cc2)NC(=O)c2ccccn2)CSSC[C@@H](C(=O)N[C@H](Cc2ccc(O)cc2)C(C)=O)NC(=O)[C@H]([C@@H](C)O)NC1=O. The number of aliphatic hydroxyl groups excluding tert-OH is 1. The van der Waals surface area contributed by atoms with E-state index in [0.717, 1.165) is 21.6 Å². The van der Waals surface area contributed by atoms with Crippen molar-refractivity contribution in [3.05, 3.63) is 160 Å². The predicted molar refractivity (Wildman–Crippen MR) is 332 cm³/mol. The van der Waals surface area contributed by atoms with Gasteiger partial charge in [-0.05, 0) is 136 Å². The van der Waals surface area contributed by atoms with Gasteiger partial charge in [0.15, 0.2) is 5.78 Å². The Morgan fingerprint density at radius 1 is 0.648 bits per heavy atom. The van der Waals surface area contributed by atoms with Crippen molar-refractivity contribution < 1.29 is 63.3 Å². The average Bonchev–Trinajstić information content (AvgIpc) is 3.09. The van der Waals surface area contributed by atoms with E-state index < -0.39 is 113 Å². The lowest BCUT2D eigenvalue weighted by molar-refractivity contribution is -0.136. The van der Waals surface area contributed by atoms with E-state index in [0.29, 0.717) is 46.7 Å². The summed E-state index contributed by atoms with van der Waals surface area (Å²) in [6, 6.07) is 16.7. The van der Waals surface area contributed by atoms with Crippen LogP contribution in [0, 0.1) is 0 Å². The minimum Gasteiger partial charge on any atom is -0.508 e. The molecule has 1 aromatic heterocycles. The van der Waals surface area contributed by atoms with Crippen molar-refractivity contribution in [3.8, 4) is 11.5 Å². The molecule has 9 atom stereocenters. The Kier molecular flexibility index (Phi) is 26.6. The number of nitrogens with two attached hydrogens (primary N) is 1. The van der Waals surface area contributed by atoms with Gasteiger partial charge < -0.3 is 68.9 Å². The number of halogens is 1. The predicted octanol–water partition coefficient (Wildman–Crippen LogP) is 1.46. The van der Waals surface area contributed by atoms with Crippen molar-refractivity contribution in [1.82, 2.24) is 52.8 Å². The van der Waals surface area contributed by atoms with Crippen molar-refractivity contribution in [3.63, 3.8) is 0 Å². The number of carbonyl (C=O) groups excluding carboxylic acids is 10. The van der Waals surface area contributed by atoms with Crippen LogP contribution in [0.5, 0.6) is 11.5 Å². The lowest BCUT2D eigenvalue weighted by Gasteiger charge is -2.29. The third-order valence-electron chi connectivity index (χ3n) is 14.1. The molecule has 0 unspecified atom stereocenters. The minimum atomic E-state index is -1.76. The molecule has 468 valence electrons. The van der Waals surface area contributed by atoms with Gasteiger partial charge >= 0.3 is 0 Å². The van der Waals surface area contributed by atoms with Crippen LogP contribution in [-0.4, -0.2) is 159 Å². The molecule has 4 aromatic carbocycles. The van der Waals surface area contributed by atoms with Gasteiger partial charge in [-0.15, -0.1) is 0 Å². The summed E-state index contributed by atoms with van der Waals surface area (Å²) in [6.45, 7) is 2.99. The summed E-state index contributed by atoms with van der Waals surface area (Å²) in [5.41, 5.74) is 7.60. The van der Waals surface area contributed by atoms with Crippen LogP contribution in [0.2, 0.25) is 5.02 Å². The Balaban J connectivity index is 1.44. The fourth-order valence-corrected chi connectivity index (χ4v) is 11.5. The number of unbranched alkanes of at least 4 members (excludes halogenated alkanes) is 1. The van der Waals surface area contributed by atoms with Crippen LogP contribution < -0.4 is 53.6 Å². The molecule has 6 rings (SSSR count). The number of primary amides is 1. The number of benzene rings is 4. The maximum atomic E-state index is 15.1. The first-order valence-electron chi connectivity index (χ1n) is 28.2. The number of rotatable bonds is 22. The van der Waals surface area contributed by atoms with Gasteiger partial charge in [0.05, 0.1) is 12.1 Å². The highest BCUT2D eigenvalue weighted by Crippen LogP contribution is 2.25. The molecule has 24 nitrogen and oxygen atoms in total. The molecule has 9 amide bonds. The Hall–Kier alpha value is -8.56. The topological polar surface area (TPSA) is 379 Å². The molecule has 0 aliphatic carbocycles. The summed E-state index contributed by atoms with van der Waals surface area (Å²) < 4.78 is 0. The third-order valence-corrected chi connectivity index (χ3v) is 16.7. The van der Waals surface area contributed by atoms with Crippen LogP contribution >= 0.6 is 33.2 Å². The number of pyridine rings is 1. The number of hydrogen-bond acceptors (Lipinski definition) is 17. The number of Topliss-reactive ketones (excluding diaryl/α,β-unsaturated/α-hetero) is 1. The molecular weight excluding hydrogens is 1190 g/mol. The number of carbonyl (C=O) groups is 10. The summed E-state index contributed by atoms with van der Waals surface area (Å²) >= 11 is 6.19. The number of amides is 9. The first-order valence-corrected chi connectivity index (χ1v) is 31.0. The molecule has 1 saturated heterocycles. The Labute approximate surface area is 521 Å². The molecule has 0 saturated carbocycles. The zero-order chi connectivity index (χ0) is 63.9. The highest BCUT2D eigenvalue weighted by atomic mass is 35.5. The summed E-state index contributed by atoms with van der Waals surface area (Å²) in [5.74, 6) is -9.19. The van der Waals surface area contributed by atoms with E-state index in [1.165, 1.54) is 86.8 Å². The molecule has 14 N–H and O–H groups in total. The van der Waals surface area contributed by atoms with Gasteiger partial charge in [0, 0.05) is 47.6 Å². The molecule has 2 heterocycles. The van der Waals surface area contributed by atoms with Crippen molar-refractivity contribution >= 4 is 92.1 Å². The van der Waals surface area contributed by atoms with Crippen LogP contribution in [0.25, 0.3) is 0 Å². The van der Waals surface area contributed by atoms with E-state index in [1.54, 1.807) is 55.6 Å². The fourth-order valence-electron chi connectivity index (χ4n) is 9.09. The quantitative estimate of drug-likeness (QED) is 0.0345. The van der Waals surface area contributed by atoms with Crippen LogP contribution in [-0.2, 0) is 64.0 Å². The molecule has 0 spiro atoms. The molecule has 27 heteroatoms. The van der Waals surface area contributed by atoms with E-state index in [1.807, 2.05) is 0 Å². The van der Waals surface area contributed by atoms with Crippen LogP contribution in [0.4, 0.5) is 0 Å². The van der Waals surface area contributed by atoms with Gasteiger partial charge in [-0.2, -0.15) is 0 Å². The highest BCUT2D eigenvalue weighted by Gasteiger charge is 2.37. The molecular formula is C61H72ClN11O13S2. The van der Waals surface area contributed by atoms with Crippen molar-refractivity contribution in [2.45, 2.75) is 113 Å². The zero-order valence-corrected chi connectivity index (χ0v) is 50.8.